The van der Waals surface area contributed by atoms with Gasteiger partial charge in [-0.3, -0.25) is 4.79 Å². The van der Waals surface area contributed by atoms with E-state index in [0.29, 0.717) is 21.6 Å². The molecule has 1 N–H and O–H groups in total. The van der Waals surface area contributed by atoms with E-state index in [1.165, 1.54) is 18.3 Å². The van der Waals surface area contributed by atoms with Crippen molar-refractivity contribution < 1.29 is 4.79 Å². The number of hydrogen-bond acceptors (Lipinski definition) is 4. The zero-order valence-corrected chi connectivity index (χ0v) is 11.7. The lowest BCUT2D eigenvalue weighted by Crippen LogP contribution is -2.04. The van der Waals surface area contributed by atoms with E-state index >= 15 is 0 Å². The summed E-state index contributed by atoms with van der Waals surface area (Å²) in [6.07, 6.45) is 0.496. The van der Waals surface area contributed by atoms with Gasteiger partial charge in [0, 0.05) is 23.4 Å². The van der Waals surface area contributed by atoms with Crippen molar-refractivity contribution in [3.63, 3.8) is 0 Å². The number of carbonyl (C=O) groups is 1. The highest BCUT2D eigenvalue weighted by atomic mass is 35.5. The van der Waals surface area contributed by atoms with Crippen LogP contribution in [-0.2, 0) is 11.2 Å². The van der Waals surface area contributed by atoms with E-state index < -0.39 is 0 Å². The average Bonchev–Trinajstić information content (AvgIpc) is 2.70. The van der Waals surface area contributed by atoms with Crippen molar-refractivity contribution in [2.75, 3.05) is 5.32 Å². The van der Waals surface area contributed by atoms with E-state index in [-0.39, 0.29) is 5.91 Å². The molecule has 0 radical (unpaired) electrons. The number of aromatic nitrogens is 2. The Kier molecular flexibility index (Phi) is 4.16. The molecule has 94 valence electrons. The molecule has 4 nitrogen and oxygen atoms in total. The number of halogens is 2. The van der Waals surface area contributed by atoms with E-state index in [2.05, 4.69) is 15.5 Å². The molecule has 0 fully saturated rings. The third-order valence-corrected chi connectivity index (χ3v) is 3.69. The third-order valence-electron chi connectivity index (χ3n) is 2.14. The van der Waals surface area contributed by atoms with Gasteiger partial charge in [0.1, 0.15) is 5.01 Å². The number of nitrogens with one attached hydrogen (secondary N) is 1. The van der Waals surface area contributed by atoms with Crippen LogP contribution in [0.3, 0.4) is 0 Å². The first-order chi connectivity index (χ1) is 8.56. The molecule has 1 aromatic carbocycles. The Hall–Kier alpha value is -1.17. The van der Waals surface area contributed by atoms with Gasteiger partial charge in [-0.1, -0.05) is 40.6 Å². The minimum absolute atomic E-state index is 0.173. The zero-order chi connectivity index (χ0) is 13.1. The summed E-state index contributed by atoms with van der Waals surface area (Å²) in [5.74, 6) is -0.173. The summed E-state index contributed by atoms with van der Waals surface area (Å²) >= 11 is 13.4. The smallest absolute Gasteiger partial charge is 0.223 e. The van der Waals surface area contributed by atoms with Crippen LogP contribution in [0.4, 0.5) is 5.13 Å². The summed E-state index contributed by atoms with van der Waals surface area (Å²) in [6, 6.07) is 5.34. The Labute approximate surface area is 118 Å². The van der Waals surface area contributed by atoms with Crippen molar-refractivity contribution in [3.8, 4) is 0 Å². The van der Waals surface area contributed by atoms with Crippen LogP contribution in [-0.4, -0.2) is 16.1 Å². The standard InChI is InChI=1S/C11H9Cl2N3OS/c1-6(17)14-11-16-15-10(18-11)5-7-8(12)3-2-4-9(7)13/h2-4H,5H2,1H3,(H,14,16,17). The van der Waals surface area contributed by atoms with Crippen LogP contribution < -0.4 is 5.32 Å². The fourth-order valence-electron chi connectivity index (χ4n) is 1.38. The summed E-state index contributed by atoms with van der Waals surface area (Å²) in [5.41, 5.74) is 0.811. The lowest BCUT2D eigenvalue weighted by Gasteiger charge is -2.03. The maximum Gasteiger partial charge on any atom is 0.223 e. The van der Waals surface area contributed by atoms with Crippen LogP contribution in [0.1, 0.15) is 17.5 Å². The molecule has 1 heterocycles. The van der Waals surface area contributed by atoms with Gasteiger partial charge < -0.3 is 5.32 Å². The summed E-state index contributed by atoms with van der Waals surface area (Å²) in [7, 11) is 0. The molecule has 1 amide bonds. The summed E-state index contributed by atoms with van der Waals surface area (Å²) in [4.78, 5) is 10.9. The molecule has 0 atom stereocenters. The van der Waals surface area contributed by atoms with Gasteiger partial charge in [-0.2, -0.15) is 0 Å². The molecule has 7 heteroatoms. The molecule has 2 aromatic rings. The molecular weight excluding hydrogens is 293 g/mol. The highest BCUT2D eigenvalue weighted by molar-refractivity contribution is 7.15. The average molecular weight is 302 g/mol. The topological polar surface area (TPSA) is 54.9 Å². The highest BCUT2D eigenvalue weighted by Crippen LogP contribution is 2.28. The minimum atomic E-state index is -0.173. The zero-order valence-electron chi connectivity index (χ0n) is 9.41. The lowest BCUT2D eigenvalue weighted by molar-refractivity contribution is -0.114. The van der Waals surface area contributed by atoms with E-state index in [1.54, 1.807) is 18.2 Å². The van der Waals surface area contributed by atoms with Crippen molar-refractivity contribution in [2.45, 2.75) is 13.3 Å². The maximum absolute atomic E-state index is 10.9. The molecule has 0 saturated heterocycles. The second-order valence-electron chi connectivity index (χ2n) is 3.56. The van der Waals surface area contributed by atoms with Crippen LogP contribution in [0.5, 0.6) is 0 Å². The molecule has 18 heavy (non-hydrogen) atoms. The van der Waals surface area contributed by atoms with Gasteiger partial charge in [0.25, 0.3) is 0 Å². The van der Waals surface area contributed by atoms with Crippen LogP contribution in [0.15, 0.2) is 18.2 Å². The van der Waals surface area contributed by atoms with Gasteiger partial charge in [-0.25, -0.2) is 0 Å². The summed E-state index contributed by atoms with van der Waals surface area (Å²) in [5, 5.41) is 12.8. The van der Waals surface area contributed by atoms with Gasteiger partial charge in [-0.05, 0) is 17.7 Å². The van der Waals surface area contributed by atoms with Crippen molar-refractivity contribution in [2.24, 2.45) is 0 Å². The Bertz CT molecular complexity index is 565. The first-order valence-corrected chi connectivity index (χ1v) is 6.66. The fourth-order valence-corrected chi connectivity index (χ4v) is 2.71. The van der Waals surface area contributed by atoms with Gasteiger partial charge in [0.2, 0.25) is 11.0 Å². The van der Waals surface area contributed by atoms with Gasteiger partial charge in [0.15, 0.2) is 0 Å². The number of amides is 1. The molecule has 2 rings (SSSR count). The van der Waals surface area contributed by atoms with Crippen molar-refractivity contribution in [1.82, 2.24) is 10.2 Å². The number of nitrogens with zero attached hydrogens (tertiary/aromatic N) is 2. The number of hydrogen-bond donors (Lipinski definition) is 1. The first kappa shape index (κ1) is 13.3. The Balaban J connectivity index is 2.19. The van der Waals surface area contributed by atoms with Gasteiger partial charge in [-0.15, -0.1) is 10.2 Å². The normalized spacial score (nSPS) is 10.4. The Morgan fingerprint density at radius 3 is 2.61 bits per heavy atom. The summed E-state index contributed by atoms with van der Waals surface area (Å²) < 4.78 is 0. The molecule has 0 unspecified atom stereocenters. The van der Waals surface area contributed by atoms with E-state index in [9.17, 15) is 4.79 Å². The van der Waals surface area contributed by atoms with Crippen LogP contribution >= 0.6 is 34.5 Å². The van der Waals surface area contributed by atoms with E-state index in [1.807, 2.05) is 0 Å². The molecule has 0 aliphatic heterocycles. The second kappa shape index (κ2) is 5.65. The summed E-state index contributed by atoms with van der Waals surface area (Å²) in [6.45, 7) is 1.42. The van der Waals surface area contributed by atoms with Crippen molar-refractivity contribution in [3.05, 3.63) is 38.8 Å². The Morgan fingerprint density at radius 2 is 2.00 bits per heavy atom. The predicted octanol–water partition coefficient (Wildman–Crippen LogP) is 3.39. The fraction of sp³-hybridized carbons (Fsp3) is 0.182. The highest BCUT2D eigenvalue weighted by Gasteiger charge is 2.11. The van der Waals surface area contributed by atoms with Crippen molar-refractivity contribution >= 4 is 45.6 Å². The van der Waals surface area contributed by atoms with E-state index in [4.69, 9.17) is 23.2 Å². The largest absolute Gasteiger partial charge is 0.301 e. The quantitative estimate of drug-likeness (QED) is 0.945. The second-order valence-corrected chi connectivity index (χ2v) is 5.44. The monoisotopic (exact) mass is 301 g/mol. The molecule has 0 aliphatic rings. The SMILES string of the molecule is CC(=O)Nc1nnc(Cc2c(Cl)cccc2Cl)s1. The molecule has 1 aromatic heterocycles. The van der Waals surface area contributed by atoms with Gasteiger partial charge >= 0.3 is 0 Å². The van der Waals surface area contributed by atoms with E-state index in [0.717, 1.165) is 10.6 Å². The number of rotatable bonds is 3. The number of carbonyl (C=O) groups excluding carboxylic acids is 1. The first-order valence-electron chi connectivity index (χ1n) is 5.09. The van der Waals surface area contributed by atoms with Crippen LogP contribution in [0, 0.1) is 0 Å². The third kappa shape index (κ3) is 3.19. The van der Waals surface area contributed by atoms with Crippen LogP contribution in [0.2, 0.25) is 10.0 Å². The Morgan fingerprint density at radius 1 is 1.33 bits per heavy atom. The van der Waals surface area contributed by atoms with Crippen LogP contribution in [0.25, 0.3) is 0 Å². The maximum atomic E-state index is 10.9. The molecular formula is C11H9Cl2N3OS. The number of anilines is 1. The van der Waals surface area contributed by atoms with Crippen molar-refractivity contribution in [1.29, 1.82) is 0 Å². The molecule has 0 spiro atoms. The number of benzene rings is 1. The molecule has 0 saturated carbocycles. The lowest BCUT2D eigenvalue weighted by atomic mass is 10.1. The van der Waals surface area contributed by atoms with Gasteiger partial charge in [0.05, 0.1) is 0 Å². The minimum Gasteiger partial charge on any atom is -0.301 e. The molecule has 0 bridgehead atoms. The predicted molar refractivity (Wildman–Crippen MR) is 73.5 cm³/mol. The molecule has 0 aliphatic carbocycles.